The van der Waals surface area contributed by atoms with E-state index >= 15 is 0 Å². The topological polar surface area (TPSA) is 66.2 Å². The summed E-state index contributed by atoms with van der Waals surface area (Å²) in [5.74, 6) is 0.355. The predicted octanol–water partition coefficient (Wildman–Crippen LogP) is 2.50. The van der Waals surface area contributed by atoms with Crippen molar-refractivity contribution >= 4 is 22.1 Å². The number of nitrogens with zero attached hydrogens (tertiary/aromatic N) is 2. The van der Waals surface area contributed by atoms with Crippen molar-refractivity contribution in [1.82, 2.24) is 9.97 Å². The molecule has 0 amide bonds. The van der Waals surface area contributed by atoms with Crippen molar-refractivity contribution in [3.05, 3.63) is 35.9 Å². The maximum Gasteiger partial charge on any atom is 0.120 e. The van der Waals surface area contributed by atoms with E-state index in [1.807, 2.05) is 6.92 Å². The molecule has 0 saturated carbocycles. The van der Waals surface area contributed by atoms with E-state index in [0.717, 1.165) is 16.6 Å². The standard InChI is InChI=1S/C13H10N2O2/c1-7-4-10-12(6-13(7)17)15-11-5-8(16)2-3-9(11)14-10/h2-6,16-17H,1H3. The van der Waals surface area contributed by atoms with Gasteiger partial charge in [-0.25, -0.2) is 9.97 Å². The predicted molar refractivity (Wildman–Crippen MR) is 65.1 cm³/mol. The fourth-order valence-corrected chi connectivity index (χ4v) is 1.80. The molecule has 0 saturated heterocycles. The number of phenolic OH excluding ortho intramolecular Hbond substituents is 2. The molecule has 0 unspecified atom stereocenters. The molecule has 0 bridgehead atoms. The highest BCUT2D eigenvalue weighted by molar-refractivity contribution is 5.87. The van der Waals surface area contributed by atoms with E-state index in [4.69, 9.17) is 0 Å². The Bertz CT molecular complexity index is 738. The highest BCUT2D eigenvalue weighted by Gasteiger charge is 2.05. The van der Waals surface area contributed by atoms with Gasteiger partial charge in [-0.15, -0.1) is 0 Å². The average molecular weight is 226 g/mol. The van der Waals surface area contributed by atoms with E-state index in [1.165, 1.54) is 0 Å². The van der Waals surface area contributed by atoms with Gasteiger partial charge in [0, 0.05) is 12.1 Å². The molecule has 3 rings (SSSR count). The van der Waals surface area contributed by atoms with Crippen molar-refractivity contribution in [2.45, 2.75) is 6.92 Å². The highest BCUT2D eigenvalue weighted by Crippen LogP contribution is 2.25. The summed E-state index contributed by atoms with van der Waals surface area (Å²) in [4.78, 5) is 8.79. The number of rotatable bonds is 0. The number of aromatic hydroxyl groups is 2. The Balaban J connectivity index is 2.43. The maximum atomic E-state index is 9.63. The molecule has 0 fully saturated rings. The van der Waals surface area contributed by atoms with E-state index < -0.39 is 0 Å². The zero-order valence-electron chi connectivity index (χ0n) is 9.18. The van der Waals surface area contributed by atoms with Gasteiger partial charge in [-0.1, -0.05) is 0 Å². The van der Waals surface area contributed by atoms with Gasteiger partial charge in [0.15, 0.2) is 0 Å². The molecule has 0 spiro atoms. The monoisotopic (exact) mass is 226 g/mol. The largest absolute Gasteiger partial charge is 0.508 e. The van der Waals surface area contributed by atoms with Crippen LogP contribution in [-0.2, 0) is 0 Å². The molecule has 0 aliphatic rings. The molecule has 0 aliphatic heterocycles. The van der Waals surface area contributed by atoms with Gasteiger partial charge in [-0.2, -0.15) is 0 Å². The third-order valence-corrected chi connectivity index (χ3v) is 2.73. The zero-order valence-corrected chi connectivity index (χ0v) is 9.18. The SMILES string of the molecule is Cc1cc2nc3ccc(O)cc3nc2cc1O. The van der Waals surface area contributed by atoms with Crippen LogP contribution in [0.3, 0.4) is 0 Å². The van der Waals surface area contributed by atoms with Crippen molar-refractivity contribution < 1.29 is 10.2 Å². The summed E-state index contributed by atoms with van der Waals surface area (Å²) in [7, 11) is 0. The summed E-state index contributed by atoms with van der Waals surface area (Å²) in [6.45, 7) is 1.82. The van der Waals surface area contributed by atoms with Crippen molar-refractivity contribution in [3.8, 4) is 11.5 Å². The first kappa shape index (κ1) is 9.84. The molecule has 3 aromatic rings. The number of benzene rings is 2. The Hall–Kier alpha value is -2.36. The smallest absolute Gasteiger partial charge is 0.120 e. The van der Waals surface area contributed by atoms with Gasteiger partial charge in [0.25, 0.3) is 0 Å². The second kappa shape index (κ2) is 3.31. The van der Waals surface area contributed by atoms with Crippen LogP contribution in [0.2, 0.25) is 0 Å². The lowest BCUT2D eigenvalue weighted by atomic mass is 10.2. The Morgan fingerprint density at radius 1 is 0.824 bits per heavy atom. The van der Waals surface area contributed by atoms with Crippen LogP contribution in [0.25, 0.3) is 22.1 Å². The number of aromatic nitrogens is 2. The molecule has 4 heteroatoms. The molecular weight excluding hydrogens is 216 g/mol. The van der Waals surface area contributed by atoms with Gasteiger partial charge in [-0.3, -0.25) is 0 Å². The lowest BCUT2D eigenvalue weighted by Crippen LogP contribution is -1.88. The molecule has 17 heavy (non-hydrogen) atoms. The summed E-state index contributed by atoms with van der Waals surface area (Å²) in [6.07, 6.45) is 0. The summed E-state index contributed by atoms with van der Waals surface area (Å²) in [5, 5.41) is 19.0. The zero-order chi connectivity index (χ0) is 12.0. The lowest BCUT2D eigenvalue weighted by Gasteiger charge is -2.04. The first-order chi connectivity index (χ1) is 8.13. The van der Waals surface area contributed by atoms with Crippen LogP contribution in [0.1, 0.15) is 5.56 Å². The van der Waals surface area contributed by atoms with Gasteiger partial charge < -0.3 is 10.2 Å². The van der Waals surface area contributed by atoms with Crippen molar-refractivity contribution in [1.29, 1.82) is 0 Å². The third kappa shape index (κ3) is 1.54. The molecule has 2 aromatic carbocycles. The summed E-state index contributed by atoms with van der Waals surface area (Å²) in [6, 6.07) is 8.24. The van der Waals surface area contributed by atoms with Crippen LogP contribution in [0.4, 0.5) is 0 Å². The molecular formula is C13H10N2O2. The molecule has 84 valence electrons. The molecule has 0 atom stereocenters. The molecule has 0 radical (unpaired) electrons. The first-order valence-corrected chi connectivity index (χ1v) is 5.23. The molecule has 4 nitrogen and oxygen atoms in total. The first-order valence-electron chi connectivity index (χ1n) is 5.23. The summed E-state index contributed by atoms with van der Waals surface area (Å²) < 4.78 is 0. The Morgan fingerprint density at radius 3 is 2.29 bits per heavy atom. The number of phenols is 2. The molecule has 2 N–H and O–H groups in total. The van der Waals surface area contributed by atoms with E-state index in [-0.39, 0.29) is 11.5 Å². The second-order valence-electron chi connectivity index (χ2n) is 4.02. The second-order valence-corrected chi connectivity index (χ2v) is 4.02. The summed E-state index contributed by atoms with van der Waals surface area (Å²) in [5.41, 5.74) is 3.45. The Morgan fingerprint density at radius 2 is 1.47 bits per heavy atom. The average Bonchev–Trinajstić information content (AvgIpc) is 2.28. The fourth-order valence-electron chi connectivity index (χ4n) is 1.80. The highest BCUT2D eigenvalue weighted by atomic mass is 16.3. The van der Waals surface area contributed by atoms with Crippen LogP contribution in [0, 0.1) is 6.92 Å². The van der Waals surface area contributed by atoms with Crippen LogP contribution in [0.15, 0.2) is 30.3 Å². The molecule has 0 aliphatic carbocycles. The fraction of sp³-hybridized carbons (Fsp3) is 0.0769. The van der Waals surface area contributed by atoms with Crippen molar-refractivity contribution in [2.24, 2.45) is 0 Å². The van der Waals surface area contributed by atoms with Crippen LogP contribution in [-0.4, -0.2) is 20.2 Å². The van der Waals surface area contributed by atoms with Crippen molar-refractivity contribution in [3.63, 3.8) is 0 Å². The number of fused-ring (bicyclic) bond motifs is 2. The number of aryl methyl sites for hydroxylation is 1. The van der Waals surface area contributed by atoms with Gasteiger partial charge in [0.2, 0.25) is 0 Å². The minimum Gasteiger partial charge on any atom is -0.508 e. The van der Waals surface area contributed by atoms with E-state index in [0.29, 0.717) is 11.0 Å². The lowest BCUT2D eigenvalue weighted by molar-refractivity contribution is 0.472. The Kier molecular flexibility index (Phi) is 1.92. The van der Waals surface area contributed by atoms with Gasteiger partial charge in [0.1, 0.15) is 11.5 Å². The van der Waals surface area contributed by atoms with E-state index in [2.05, 4.69) is 9.97 Å². The minimum atomic E-state index is 0.155. The van der Waals surface area contributed by atoms with Gasteiger partial charge in [0.05, 0.1) is 22.1 Å². The number of hydrogen-bond donors (Lipinski definition) is 2. The Labute approximate surface area is 97.2 Å². The van der Waals surface area contributed by atoms with Crippen molar-refractivity contribution in [2.75, 3.05) is 0 Å². The maximum absolute atomic E-state index is 9.63. The third-order valence-electron chi connectivity index (χ3n) is 2.73. The number of hydrogen-bond acceptors (Lipinski definition) is 4. The molecule has 1 heterocycles. The van der Waals surface area contributed by atoms with E-state index in [1.54, 1.807) is 30.3 Å². The van der Waals surface area contributed by atoms with Gasteiger partial charge >= 0.3 is 0 Å². The molecule has 1 aromatic heterocycles. The summed E-state index contributed by atoms with van der Waals surface area (Å²) >= 11 is 0. The quantitative estimate of drug-likeness (QED) is 0.578. The van der Waals surface area contributed by atoms with Gasteiger partial charge in [-0.05, 0) is 30.7 Å². The van der Waals surface area contributed by atoms with E-state index in [9.17, 15) is 10.2 Å². The van der Waals surface area contributed by atoms with Crippen LogP contribution >= 0.6 is 0 Å². The minimum absolute atomic E-state index is 0.155. The normalized spacial score (nSPS) is 11.1. The van der Waals surface area contributed by atoms with Crippen LogP contribution < -0.4 is 0 Å². The van der Waals surface area contributed by atoms with Crippen LogP contribution in [0.5, 0.6) is 11.5 Å².